The lowest BCUT2D eigenvalue weighted by Gasteiger charge is -2.18. The Bertz CT molecular complexity index is 1170. The number of carbonyl (C=O) groups is 1. The first-order valence-corrected chi connectivity index (χ1v) is 11.5. The van der Waals surface area contributed by atoms with Gasteiger partial charge >= 0.3 is 0 Å². The lowest BCUT2D eigenvalue weighted by Crippen LogP contribution is -2.25. The maximum atomic E-state index is 12.9. The van der Waals surface area contributed by atoms with Crippen molar-refractivity contribution in [1.29, 1.82) is 0 Å². The van der Waals surface area contributed by atoms with Crippen molar-refractivity contribution in [2.75, 3.05) is 11.9 Å². The maximum absolute atomic E-state index is 12.9. The molecular formula is C24H25N3O3S. The predicted octanol–water partition coefficient (Wildman–Crippen LogP) is 4.66. The van der Waals surface area contributed by atoms with Crippen LogP contribution in [0.1, 0.15) is 36.2 Å². The molecule has 0 aliphatic carbocycles. The number of anilines is 1. The number of amides is 1. The van der Waals surface area contributed by atoms with Gasteiger partial charge in [-0.1, -0.05) is 30.3 Å². The monoisotopic (exact) mass is 435 g/mol. The number of fused-ring (bicyclic) bond motifs is 2. The molecule has 7 heteroatoms. The summed E-state index contributed by atoms with van der Waals surface area (Å²) in [6.07, 6.45) is 0.825. The van der Waals surface area contributed by atoms with Gasteiger partial charge in [-0.25, -0.2) is 4.68 Å². The summed E-state index contributed by atoms with van der Waals surface area (Å²) >= 11 is 1.81. The summed E-state index contributed by atoms with van der Waals surface area (Å²) in [6, 6.07) is 13.9. The second-order valence-corrected chi connectivity index (χ2v) is 9.57. The molecule has 0 saturated heterocycles. The fourth-order valence-electron chi connectivity index (χ4n) is 4.13. The van der Waals surface area contributed by atoms with E-state index in [0.29, 0.717) is 5.75 Å². The Morgan fingerprint density at radius 3 is 2.90 bits per heavy atom. The highest BCUT2D eigenvalue weighted by Crippen LogP contribution is 2.42. The van der Waals surface area contributed by atoms with Gasteiger partial charge in [-0.15, -0.1) is 0 Å². The Balaban J connectivity index is 1.36. The first-order valence-electron chi connectivity index (χ1n) is 10.4. The summed E-state index contributed by atoms with van der Waals surface area (Å²) in [5.74, 6) is 3.56. The van der Waals surface area contributed by atoms with Crippen molar-refractivity contribution in [3.05, 3.63) is 64.8 Å². The summed E-state index contributed by atoms with van der Waals surface area (Å²) in [4.78, 5) is 12.9. The molecule has 0 unspecified atom stereocenters. The summed E-state index contributed by atoms with van der Waals surface area (Å²) in [7, 11) is 0. The number of nitrogens with one attached hydrogen (secondary N) is 1. The smallest absolute Gasteiger partial charge is 0.263 e. The molecule has 3 heterocycles. The molecule has 3 aromatic rings. The van der Waals surface area contributed by atoms with Crippen LogP contribution in [0.4, 0.5) is 5.82 Å². The topological polar surface area (TPSA) is 65.4 Å². The van der Waals surface area contributed by atoms with Gasteiger partial charge < -0.3 is 14.8 Å². The molecule has 0 spiro atoms. The average Bonchev–Trinajstić information content (AvgIpc) is 3.39. The zero-order valence-electron chi connectivity index (χ0n) is 17.9. The quantitative estimate of drug-likeness (QED) is 0.632. The van der Waals surface area contributed by atoms with Gasteiger partial charge in [0.1, 0.15) is 11.4 Å². The Labute approximate surface area is 185 Å². The number of para-hydroxylation sites is 2. The third-order valence-corrected chi connectivity index (χ3v) is 6.54. The van der Waals surface area contributed by atoms with E-state index in [4.69, 9.17) is 14.6 Å². The summed E-state index contributed by atoms with van der Waals surface area (Å²) in [6.45, 7) is 6.05. The van der Waals surface area contributed by atoms with Crippen LogP contribution in [0, 0.1) is 6.92 Å². The van der Waals surface area contributed by atoms with Gasteiger partial charge in [0, 0.05) is 29.1 Å². The van der Waals surface area contributed by atoms with Crippen LogP contribution in [0.5, 0.6) is 11.5 Å². The molecule has 0 atom stereocenters. The third-order valence-electron chi connectivity index (χ3n) is 5.57. The van der Waals surface area contributed by atoms with E-state index < -0.39 is 0 Å². The molecule has 2 aromatic carbocycles. The molecule has 31 heavy (non-hydrogen) atoms. The number of benzene rings is 2. The summed E-state index contributed by atoms with van der Waals surface area (Å²) < 4.78 is 13.8. The molecule has 2 aliphatic rings. The number of carbonyl (C=O) groups excluding carboxylic acids is 1. The van der Waals surface area contributed by atoms with Crippen molar-refractivity contribution in [2.24, 2.45) is 0 Å². The van der Waals surface area contributed by atoms with Gasteiger partial charge in [-0.2, -0.15) is 16.9 Å². The number of hydrogen-bond donors (Lipinski definition) is 1. The van der Waals surface area contributed by atoms with Gasteiger partial charge in [0.15, 0.2) is 18.1 Å². The minimum Gasteiger partial charge on any atom is -0.483 e. The van der Waals surface area contributed by atoms with Crippen molar-refractivity contribution in [1.82, 2.24) is 9.78 Å². The molecule has 6 nitrogen and oxygen atoms in total. The van der Waals surface area contributed by atoms with Gasteiger partial charge in [0.2, 0.25) is 0 Å². The molecule has 0 fully saturated rings. The summed E-state index contributed by atoms with van der Waals surface area (Å²) in [5.41, 5.74) is 5.03. The van der Waals surface area contributed by atoms with E-state index in [2.05, 4.69) is 19.2 Å². The molecular weight excluding hydrogens is 410 g/mol. The van der Waals surface area contributed by atoms with E-state index in [-0.39, 0.29) is 18.1 Å². The van der Waals surface area contributed by atoms with E-state index >= 15 is 0 Å². The third kappa shape index (κ3) is 3.78. The fraction of sp³-hybridized carbons (Fsp3) is 0.333. The molecule has 1 N–H and O–H groups in total. The van der Waals surface area contributed by atoms with Crippen molar-refractivity contribution in [3.63, 3.8) is 0 Å². The van der Waals surface area contributed by atoms with Crippen LogP contribution < -0.4 is 14.8 Å². The number of rotatable bonds is 5. The zero-order valence-corrected chi connectivity index (χ0v) is 18.7. The molecule has 2 aliphatic heterocycles. The zero-order chi connectivity index (χ0) is 21.6. The molecule has 0 radical (unpaired) electrons. The van der Waals surface area contributed by atoms with Crippen molar-refractivity contribution in [2.45, 2.75) is 44.3 Å². The number of aromatic nitrogens is 2. The molecule has 160 valence electrons. The van der Waals surface area contributed by atoms with Crippen molar-refractivity contribution in [3.8, 4) is 17.2 Å². The van der Waals surface area contributed by atoms with Crippen LogP contribution in [0.25, 0.3) is 5.69 Å². The number of nitrogens with zero attached hydrogens (tertiary/aromatic N) is 2. The second kappa shape index (κ2) is 7.64. The Morgan fingerprint density at radius 1 is 1.23 bits per heavy atom. The Hall–Kier alpha value is -2.93. The van der Waals surface area contributed by atoms with Gasteiger partial charge in [-0.3, -0.25) is 4.79 Å². The molecule has 1 amide bonds. The van der Waals surface area contributed by atoms with E-state index in [1.54, 1.807) is 0 Å². The van der Waals surface area contributed by atoms with Crippen molar-refractivity contribution >= 4 is 23.5 Å². The van der Waals surface area contributed by atoms with E-state index in [1.807, 2.05) is 65.8 Å². The lowest BCUT2D eigenvalue weighted by atomic mass is 10.0. The molecule has 1 aromatic heterocycles. The van der Waals surface area contributed by atoms with Gasteiger partial charge in [-0.05, 0) is 38.5 Å². The fourth-order valence-corrected chi connectivity index (χ4v) is 5.16. The maximum Gasteiger partial charge on any atom is 0.263 e. The van der Waals surface area contributed by atoms with Crippen LogP contribution in [-0.4, -0.2) is 27.9 Å². The number of thioether (sulfide) groups is 1. The standard InChI is InChI=1S/C24H25N3O3S/c1-15-7-4-5-9-19(15)27-23(17-13-31-14-18(17)26-27)25-21(28)12-29-20-10-6-8-16-11-24(2,3)30-22(16)20/h4-10H,11-14H2,1-3H3,(H,25,28). The highest BCUT2D eigenvalue weighted by Gasteiger charge is 2.32. The highest BCUT2D eigenvalue weighted by molar-refractivity contribution is 7.98. The van der Waals surface area contributed by atoms with E-state index in [1.165, 1.54) is 0 Å². The minimum atomic E-state index is -0.262. The normalized spacial score (nSPS) is 15.8. The summed E-state index contributed by atoms with van der Waals surface area (Å²) in [5, 5.41) is 7.83. The number of ether oxygens (including phenoxy) is 2. The second-order valence-electron chi connectivity index (χ2n) is 8.58. The van der Waals surface area contributed by atoms with Crippen LogP contribution >= 0.6 is 11.8 Å². The lowest BCUT2D eigenvalue weighted by molar-refractivity contribution is -0.118. The SMILES string of the molecule is Cc1ccccc1-n1nc2c(c1NC(=O)COc1cccc3c1OC(C)(C)C3)CSC2. The minimum absolute atomic E-state index is 0.0961. The van der Waals surface area contributed by atoms with E-state index in [9.17, 15) is 4.79 Å². The molecule has 0 bridgehead atoms. The number of hydrogen-bond acceptors (Lipinski definition) is 5. The van der Waals surface area contributed by atoms with Crippen LogP contribution in [0.15, 0.2) is 42.5 Å². The molecule has 5 rings (SSSR count). The number of aryl methyl sites for hydroxylation is 1. The van der Waals surface area contributed by atoms with Crippen LogP contribution in [0.2, 0.25) is 0 Å². The average molecular weight is 436 g/mol. The highest BCUT2D eigenvalue weighted by atomic mass is 32.2. The van der Waals surface area contributed by atoms with Crippen LogP contribution in [-0.2, 0) is 22.7 Å². The molecule has 0 saturated carbocycles. The van der Waals surface area contributed by atoms with E-state index in [0.717, 1.165) is 57.6 Å². The largest absolute Gasteiger partial charge is 0.483 e. The van der Waals surface area contributed by atoms with Crippen molar-refractivity contribution < 1.29 is 14.3 Å². The Morgan fingerprint density at radius 2 is 2.06 bits per heavy atom. The van der Waals surface area contributed by atoms with Gasteiger partial charge in [0.05, 0.1) is 11.4 Å². The van der Waals surface area contributed by atoms with Gasteiger partial charge in [0.25, 0.3) is 5.91 Å². The first kappa shape index (κ1) is 20.0. The Kier molecular flexibility index (Phi) is 4.93. The predicted molar refractivity (Wildman–Crippen MR) is 122 cm³/mol. The first-order chi connectivity index (χ1) is 14.9. The van der Waals surface area contributed by atoms with Crippen LogP contribution in [0.3, 0.4) is 0 Å².